The molecule has 2 fully saturated rings. The molecule has 3 heterocycles. The number of nitrogens with one attached hydrogen (secondary N) is 1. The molecule has 0 bridgehead atoms. The molecule has 2 aliphatic heterocycles. The number of nitrogens with zero attached hydrogens (tertiary/aromatic N) is 3. The molecule has 2 aliphatic rings. The van der Waals surface area contributed by atoms with E-state index in [1.807, 2.05) is 6.92 Å². The highest BCUT2D eigenvalue weighted by Crippen LogP contribution is 2.30. The number of rotatable bonds is 3. The topological polar surface area (TPSA) is 76.5 Å². The molecule has 0 aliphatic carbocycles. The molecule has 3 amide bonds. The van der Waals surface area contributed by atoms with E-state index in [4.69, 9.17) is 4.74 Å². The van der Waals surface area contributed by atoms with Gasteiger partial charge in [0.1, 0.15) is 5.54 Å². The molecule has 3 rings (SSSR count). The number of aromatic nitrogens is 2. The minimum absolute atomic E-state index is 0.184. The first kappa shape index (κ1) is 15.0. The van der Waals surface area contributed by atoms with Crippen molar-refractivity contribution in [2.45, 2.75) is 38.3 Å². The van der Waals surface area contributed by atoms with Gasteiger partial charge in [0, 0.05) is 32.0 Å². The Kier molecular flexibility index (Phi) is 3.68. The molecule has 0 spiro atoms. The second-order valence-corrected chi connectivity index (χ2v) is 6.45. The summed E-state index contributed by atoms with van der Waals surface area (Å²) in [6, 6.07) is -0.324. The van der Waals surface area contributed by atoms with Crippen molar-refractivity contribution in [2.75, 3.05) is 13.2 Å². The highest BCUT2D eigenvalue weighted by molar-refractivity contribution is 6.07. The van der Waals surface area contributed by atoms with Gasteiger partial charge in [-0.15, -0.1) is 0 Å². The molecule has 0 aromatic carbocycles. The maximum atomic E-state index is 12.8. The van der Waals surface area contributed by atoms with Crippen LogP contribution < -0.4 is 5.32 Å². The summed E-state index contributed by atoms with van der Waals surface area (Å²) in [4.78, 5) is 26.4. The molecule has 2 saturated heterocycles. The maximum absolute atomic E-state index is 12.8. The Morgan fingerprint density at radius 3 is 2.91 bits per heavy atom. The van der Waals surface area contributed by atoms with Crippen molar-refractivity contribution in [2.24, 2.45) is 13.0 Å². The van der Waals surface area contributed by atoms with E-state index >= 15 is 0 Å². The van der Waals surface area contributed by atoms with E-state index in [-0.39, 0.29) is 18.0 Å². The zero-order chi connectivity index (χ0) is 15.9. The predicted octanol–water partition coefficient (Wildman–Crippen LogP) is 1.00. The number of imide groups is 1. The van der Waals surface area contributed by atoms with Gasteiger partial charge in [0.15, 0.2) is 0 Å². The number of amides is 3. The largest absolute Gasteiger partial charge is 0.378 e. The van der Waals surface area contributed by atoms with E-state index in [1.165, 1.54) is 4.90 Å². The van der Waals surface area contributed by atoms with Crippen LogP contribution in [0.15, 0.2) is 12.4 Å². The molecule has 0 radical (unpaired) electrons. The standard InChI is InChI=1S/C15H22N4O3/c1-10-6-11(4-5-22-10)8-19-13(20)15(2,17-14(19)21)12-7-16-18(3)9-12/h7,9-11H,4-6,8H2,1-3H3,(H,17,21). The monoisotopic (exact) mass is 306 g/mol. The fourth-order valence-electron chi connectivity index (χ4n) is 3.25. The Balaban J connectivity index is 1.76. The number of hydrogen-bond acceptors (Lipinski definition) is 4. The van der Waals surface area contributed by atoms with E-state index in [1.54, 1.807) is 31.0 Å². The van der Waals surface area contributed by atoms with E-state index in [0.717, 1.165) is 12.8 Å². The molecular formula is C15H22N4O3. The van der Waals surface area contributed by atoms with Crippen molar-refractivity contribution in [3.05, 3.63) is 18.0 Å². The van der Waals surface area contributed by atoms with Gasteiger partial charge in [0.2, 0.25) is 0 Å². The first-order chi connectivity index (χ1) is 10.4. The second-order valence-electron chi connectivity index (χ2n) is 6.45. The van der Waals surface area contributed by atoms with Crippen LogP contribution in [0.5, 0.6) is 0 Å². The van der Waals surface area contributed by atoms with Crippen LogP contribution in [0.1, 0.15) is 32.3 Å². The quantitative estimate of drug-likeness (QED) is 0.845. The van der Waals surface area contributed by atoms with Gasteiger partial charge in [-0.3, -0.25) is 14.4 Å². The highest BCUT2D eigenvalue weighted by Gasteiger charge is 2.50. The van der Waals surface area contributed by atoms with Gasteiger partial charge < -0.3 is 10.1 Å². The Labute approximate surface area is 129 Å². The Morgan fingerprint density at radius 2 is 2.27 bits per heavy atom. The molecule has 3 unspecified atom stereocenters. The lowest BCUT2D eigenvalue weighted by Crippen LogP contribution is -2.42. The molecule has 7 nitrogen and oxygen atoms in total. The number of urea groups is 1. The number of carbonyl (C=O) groups excluding carboxylic acids is 2. The maximum Gasteiger partial charge on any atom is 0.325 e. The van der Waals surface area contributed by atoms with E-state index in [2.05, 4.69) is 10.4 Å². The lowest BCUT2D eigenvalue weighted by atomic mass is 9.93. The molecule has 1 N–H and O–H groups in total. The summed E-state index contributed by atoms with van der Waals surface area (Å²) in [6.45, 7) is 4.90. The van der Waals surface area contributed by atoms with Gasteiger partial charge in [-0.25, -0.2) is 4.79 Å². The van der Waals surface area contributed by atoms with Crippen LogP contribution in [-0.4, -0.2) is 45.9 Å². The molecule has 0 saturated carbocycles. The Bertz CT molecular complexity index is 599. The van der Waals surface area contributed by atoms with Gasteiger partial charge in [-0.2, -0.15) is 5.10 Å². The first-order valence-electron chi connectivity index (χ1n) is 7.65. The minimum Gasteiger partial charge on any atom is -0.378 e. The third-order valence-electron chi connectivity index (χ3n) is 4.59. The summed E-state index contributed by atoms with van der Waals surface area (Å²) in [6.07, 6.45) is 5.33. The fourth-order valence-corrected chi connectivity index (χ4v) is 3.25. The third-order valence-corrected chi connectivity index (χ3v) is 4.59. The predicted molar refractivity (Wildman–Crippen MR) is 78.9 cm³/mol. The summed E-state index contributed by atoms with van der Waals surface area (Å²) >= 11 is 0. The highest BCUT2D eigenvalue weighted by atomic mass is 16.5. The number of ether oxygens (including phenoxy) is 1. The smallest absolute Gasteiger partial charge is 0.325 e. The van der Waals surface area contributed by atoms with Crippen LogP contribution in [0.25, 0.3) is 0 Å². The average molecular weight is 306 g/mol. The van der Waals surface area contributed by atoms with Crippen molar-refractivity contribution in [1.82, 2.24) is 20.0 Å². The van der Waals surface area contributed by atoms with Crippen molar-refractivity contribution >= 4 is 11.9 Å². The average Bonchev–Trinajstić information content (AvgIpc) is 2.98. The summed E-state index contributed by atoms with van der Waals surface area (Å²) in [5, 5.41) is 6.91. The van der Waals surface area contributed by atoms with E-state index in [9.17, 15) is 9.59 Å². The lowest BCUT2D eigenvalue weighted by molar-refractivity contribution is -0.132. The van der Waals surface area contributed by atoms with Crippen molar-refractivity contribution < 1.29 is 14.3 Å². The summed E-state index contributed by atoms with van der Waals surface area (Å²) in [7, 11) is 1.79. The van der Waals surface area contributed by atoms with Gasteiger partial charge in [-0.05, 0) is 32.6 Å². The van der Waals surface area contributed by atoms with Crippen molar-refractivity contribution in [3.63, 3.8) is 0 Å². The van der Waals surface area contributed by atoms with Crippen LogP contribution in [0.4, 0.5) is 4.79 Å². The van der Waals surface area contributed by atoms with Gasteiger partial charge >= 0.3 is 6.03 Å². The molecule has 1 aromatic rings. The van der Waals surface area contributed by atoms with E-state index < -0.39 is 5.54 Å². The number of hydrogen-bond donors (Lipinski definition) is 1. The molecule has 3 atom stereocenters. The van der Waals surface area contributed by atoms with Crippen molar-refractivity contribution in [1.29, 1.82) is 0 Å². The molecule has 7 heteroatoms. The normalized spacial score (nSPS) is 32.4. The van der Waals surface area contributed by atoms with Gasteiger partial charge in [-0.1, -0.05) is 0 Å². The molecule has 1 aromatic heterocycles. The van der Waals surface area contributed by atoms with Gasteiger partial charge in [0.25, 0.3) is 5.91 Å². The Morgan fingerprint density at radius 1 is 1.50 bits per heavy atom. The molecule has 22 heavy (non-hydrogen) atoms. The Hall–Kier alpha value is -1.89. The van der Waals surface area contributed by atoms with Crippen LogP contribution >= 0.6 is 0 Å². The van der Waals surface area contributed by atoms with Gasteiger partial charge in [0.05, 0.1) is 12.3 Å². The first-order valence-corrected chi connectivity index (χ1v) is 7.65. The summed E-state index contributed by atoms with van der Waals surface area (Å²) in [5.74, 6) is 0.0966. The number of aryl methyl sites for hydroxylation is 1. The zero-order valence-electron chi connectivity index (χ0n) is 13.2. The van der Waals surface area contributed by atoms with Crippen LogP contribution in [-0.2, 0) is 22.1 Å². The third kappa shape index (κ3) is 2.49. The number of carbonyl (C=O) groups is 2. The molecular weight excluding hydrogens is 284 g/mol. The lowest BCUT2D eigenvalue weighted by Gasteiger charge is -2.29. The zero-order valence-corrected chi connectivity index (χ0v) is 13.2. The van der Waals surface area contributed by atoms with Crippen LogP contribution in [0.2, 0.25) is 0 Å². The summed E-state index contributed by atoms with van der Waals surface area (Å²) < 4.78 is 7.15. The van der Waals surface area contributed by atoms with Crippen molar-refractivity contribution in [3.8, 4) is 0 Å². The van der Waals surface area contributed by atoms with E-state index in [0.29, 0.717) is 24.6 Å². The summed E-state index contributed by atoms with van der Waals surface area (Å²) in [5.41, 5.74) is -0.321. The van der Waals surface area contributed by atoms with Crippen LogP contribution in [0, 0.1) is 5.92 Å². The SMILES string of the molecule is CC1CC(CN2C(=O)NC(C)(c3cnn(C)c3)C2=O)CCO1. The minimum atomic E-state index is -1.03. The second kappa shape index (κ2) is 5.39. The molecule has 120 valence electrons. The fraction of sp³-hybridized carbons (Fsp3) is 0.667. The van der Waals surface area contributed by atoms with Crippen LogP contribution in [0.3, 0.4) is 0 Å².